The van der Waals surface area contributed by atoms with E-state index in [0.717, 1.165) is 17.7 Å². The predicted octanol–water partition coefficient (Wildman–Crippen LogP) is 1.88. The third-order valence-corrected chi connectivity index (χ3v) is 4.02. The number of hydrogen-bond donors (Lipinski definition) is 1. The molecule has 0 aliphatic heterocycles. The summed E-state index contributed by atoms with van der Waals surface area (Å²) in [5.41, 5.74) is 0. The summed E-state index contributed by atoms with van der Waals surface area (Å²) in [6, 6.07) is 0. The molecule has 0 spiro atoms. The number of fused-ring (bicyclic) bond motifs is 2. The Kier molecular flexibility index (Phi) is 2.11. The van der Waals surface area contributed by atoms with Gasteiger partial charge in [0.25, 0.3) is 0 Å². The molecule has 2 aliphatic carbocycles. The van der Waals surface area contributed by atoms with Crippen molar-refractivity contribution in [2.75, 3.05) is 12.5 Å². The molecule has 0 heterocycles. The van der Waals surface area contributed by atoms with E-state index in [1.165, 1.54) is 19.3 Å². The molecule has 0 aromatic rings. The molecule has 2 heteroatoms. The van der Waals surface area contributed by atoms with E-state index in [2.05, 4.69) is 0 Å². The lowest BCUT2D eigenvalue weighted by molar-refractivity contribution is 0.136. The fraction of sp³-hybridized carbons (Fsp3) is 1.00. The number of aliphatic hydroxyl groups is 1. The second kappa shape index (κ2) is 2.95. The zero-order valence-electron chi connectivity index (χ0n) is 6.67. The molecule has 2 rings (SSSR count). The molecule has 2 bridgehead atoms. The minimum Gasteiger partial charge on any atom is -0.396 e. The molecule has 2 aliphatic rings. The first-order chi connectivity index (χ1) is 5.36. The molecule has 0 aromatic carbocycles. The summed E-state index contributed by atoms with van der Waals surface area (Å²) < 4.78 is 0. The van der Waals surface area contributed by atoms with Gasteiger partial charge in [0.2, 0.25) is 0 Å². The molecule has 2 fully saturated rings. The van der Waals surface area contributed by atoms with E-state index in [1.54, 1.807) is 0 Å². The molecule has 2 saturated carbocycles. The quantitative estimate of drug-likeness (QED) is 0.634. The molecular formula is C9H15ClO. The average molecular weight is 175 g/mol. The van der Waals surface area contributed by atoms with Crippen molar-refractivity contribution in [1.29, 1.82) is 0 Å². The van der Waals surface area contributed by atoms with Crippen molar-refractivity contribution in [2.45, 2.75) is 19.3 Å². The second-order valence-corrected chi connectivity index (χ2v) is 4.31. The van der Waals surface area contributed by atoms with Gasteiger partial charge in [-0.1, -0.05) is 0 Å². The van der Waals surface area contributed by atoms with Crippen LogP contribution in [0, 0.1) is 23.7 Å². The van der Waals surface area contributed by atoms with Crippen LogP contribution in [0.3, 0.4) is 0 Å². The highest BCUT2D eigenvalue weighted by Crippen LogP contribution is 2.52. The molecular weight excluding hydrogens is 160 g/mol. The third kappa shape index (κ3) is 1.09. The Morgan fingerprint density at radius 3 is 2.27 bits per heavy atom. The highest BCUT2D eigenvalue weighted by molar-refractivity contribution is 6.18. The number of alkyl halides is 1. The minimum atomic E-state index is 0.360. The average Bonchev–Trinajstić information content (AvgIpc) is 2.60. The van der Waals surface area contributed by atoms with Crippen molar-refractivity contribution in [2.24, 2.45) is 23.7 Å². The van der Waals surface area contributed by atoms with E-state index in [9.17, 15) is 0 Å². The summed E-state index contributed by atoms with van der Waals surface area (Å²) in [5.74, 6) is 3.56. The monoisotopic (exact) mass is 174 g/mol. The third-order valence-electron chi connectivity index (χ3n) is 3.66. The number of hydrogen-bond acceptors (Lipinski definition) is 1. The van der Waals surface area contributed by atoms with E-state index in [0.29, 0.717) is 18.4 Å². The Balaban J connectivity index is 2.08. The van der Waals surface area contributed by atoms with Crippen molar-refractivity contribution < 1.29 is 5.11 Å². The van der Waals surface area contributed by atoms with Crippen LogP contribution in [0.2, 0.25) is 0 Å². The van der Waals surface area contributed by atoms with E-state index in [-0.39, 0.29) is 0 Å². The van der Waals surface area contributed by atoms with Gasteiger partial charge in [0.15, 0.2) is 0 Å². The maximum Gasteiger partial charge on any atom is 0.0465 e. The van der Waals surface area contributed by atoms with Crippen molar-refractivity contribution in [3.05, 3.63) is 0 Å². The van der Waals surface area contributed by atoms with Gasteiger partial charge in [-0.3, -0.25) is 0 Å². The minimum absolute atomic E-state index is 0.360. The Bertz CT molecular complexity index is 132. The van der Waals surface area contributed by atoms with Crippen LogP contribution in [0.5, 0.6) is 0 Å². The van der Waals surface area contributed by atoms with Crippen molar-refractivity contribution in [3.63, 3.8) is 0 Å². The predicted molar refractivity (Wildman–Crippen MR) is 45.6 cm³/mol. The lowest BCUT2D eigenvalue weighted by Gasteiger charge is -2.27. The first kappa shape index (κ1) is 7.88. The van der Waals surface area contributed by atoms with Gasteiger partial charge in [-0.2, -0.15) is 0 Å². The number of rotatable bonds is 2. The van der Waals surface area contributed by atoms with Gasteiger partial charge < -0.3 is 5.11 Å². The van der Waals surface area contributed by atoms with Crippen LogP contribution in [0.15, 0.2) is 0 Å². The molecule has 1 nitrogen and oxygen atoms in total. The maximum absolute atomic E-state index is 9.13. The van der Waals surface area contributed by atoms with Crippen LogP contribution in [0.1, 0.15) is 19.3 Å². The molecule has 0 amide bonds. The van der Waals surface area contributed by atoms with Gasteiger partial charge >= 0.3 is 0 Å². The molecule has 11 heavy (non-hydrogen) atoms. The Hall–Kier alpha value is 0.250. The fourth-order valence-electron chi connectivity index (χ4n) is 3.05. The van der Waals surface area contributed by atoms with Crippen LogP contribution in [0.25, 0.3) is 0 Å². The largest absolute Gasteiger partial charge is 0.396 e. The SMILES string of the molecule is OC[C@H]1[C@@H]2CC[C@@H](C2)[C@@H]1CCl. The number of aliphatic hydroxyl groups excluding tert-OH is 1. The van der Waals surface area contributed by atoms with Crippen LogP contribution >= 0.6 is 11.6 Å². The lowest BCUT2D eigenvalue weighted by Crippen LogP contribution is -2.26. The van der Waals surface area contributed by atoms with Crippen molar-refractivity contribution >= 4 is 11.6 Å². The van der Waals surface area contributed by atoms with E-state index in [1.807, 2.05) is 0 Å². The summed E-state index contributed by atoms with van der Waals surface area (Å²) in [6.07, 6.45) is 4.03. The van der Waals surface area contributed by atoms with Gasteiger partial charge in [-0.15, -0.1) is 11.6 Å². The highest BCUT2D eigenvalue weighted by Gasteiger charge is 2.46. The van der Waals surface area contributed by atoms with E-state index < -0.39 is 0 Å². The van der Waals surface area contributed by atoms with E-state index in [4.69, 9.17) is 16.7 Å². The van der Waals surface area contributed by atoms with Crippen LogP contribution in [-0.4, -0.2) is 17.6 Å². The van der Waals surface area contributed by atoms with Crippen LogP contribution in [-0.2, 0) is 0 Å². The van der Waals surface area contributed by atoms with Crippen molar-refractivity contribution in [3.8, 4) is 0 Å². The van der Waals surface area contributed by atoms with E-state index >= 15 is 0 Å². The molecule has 0 unspecified atom stereocenters. The molecule has 0 aromatic heterocycles. The van der Waals surface area contributed by atoms with Gasteiger partial charge in [-0.25, -0.2) is 0 Å². The molecule has 4 atom stereocenters. The summed E-state index contributed by atoms with van der Waals surface area (Å²) in [7, 11) is 0. The van der Waals surface area contributed by atoms with Gasteiger partial charge in [0, 0.05) is 12.5 Å². The fourth-order valence-corrected chi connectivity index (χ4v) is 3.54. The van der Waals surface area contributed by atoms with Gasteiger partial charge in [-0.05, 0) is 42.9 Å². The Morgan fingerprint density at radius 2 is 1.82 bits per heavy atom. The summed E-state index contributed by atoms with van der Waals surface area (Å²) in [6.45, 7) is 0.360. The summed E-state index contributed by atoms with van der Waals surface area (Å²) in [4.78, 5) is 0. The highest BCUT2D eigenvalue weighted by atomic mass is 35.5. The topological polar surface area (TPSA) is 20.2 Å². The molecule has 0 saturated heterocycles. The zero-order valence-corrected chi connectivity index (χ0v) is 7.43. The first-order valence-electron chi connectivity index (χ1n) is 4.53. The molecule has 0 radical (unpaired) electrons. The normalized spacial score (nSPS) is 48.5. The summed E-state index contributed by atoms with van der Waals surface area (Å²) >= 11 is 5.86. The van der Waals surface area contributed by atoms with Gasteiger partial charge in [0.05, 0.1) is 0 Å². The van der Waals surface area contributed by atoms with Crippen molar-refractivity contribution in [1.82, 2.24) is 0 Å². The number of halogens is 1. The first-order valence-corrected chi connectivity index (χ1v) is 5.07. The smallest absolute Gasteiger partial charge is 0.0465 e. The standard InChI is InChI=1S/C9H15ClO/c10-4-8-6-1-2-7(3-6)9(8)5-11/h6-9,11H,1-5H2/t6-,7+,8-,9-/m0/s1. The Morgan fingerprint density at radius 1 is 1.18 bits per heavy atom. The molecule has 1 N–H and O–H groups in total. The summed E-state index contributed by atoms with van der Waals surface area (Å²) in [5, 5.41) is 9.13. The van der Waals surface area contributed by atoms with Gasteiger partial charge in [0.1, 0.15) is 0 Å². The second-order valence-electron chi connectivity index (χ2n) is 4.00. The zero-order chi connectivity index (χ0) is 7.84. The molecule has 64 valence electrons. The van der Waals surface area contributed by atoms with Crippen LogP contribution in [0.4, 0.5) is 0 Å². The lowest BCUT2D eigenvalue weighted by atomic mass is 9.81. The van der Waals surface area contributed by atoms with Crippen LogP contribution < -0.4 is 0 Å². The Labute approximate surface area is 72.7 Å². The maximum atomic E-state index is 9.13.